The largest absolute Gasteiger partial charge is 0.374 e. The molecule has 2 atom stereocenters. The molecule has 9 nitrogen and oxygen atoms in total. The van der Waals surface area contributed by atoms with Crippen molar-refractivity contribution in [3.05, 3.63) is 24.0 Å². The monoisotopic (exact) mass is 414 g/mol. The van der Waals surface area contributed by atoms with E-state index in [0.29, 0.717) is 18.7 Å². The normalized spacial score (nSPS) is 22.5. The number of hydrogen-bond donors (Lipinski definition) is 4. The zero-order valence-electron chi connectivity index (χ0n) is 17.5. The van der Waals surface area contributed by atoms with Crippen LogP contribution in [-0.2, 0) is 14.4 Å². The zero-order chi connectivity index (χ0) is 21.9. The number of rotatable bonds is 7. The molecule has 3 amide bonds. The van der Waals surface area contributed by atoms with Crippen molar-refractivity contribution in [1.29, 1.82) is 5.41 Å². The molecule has 0 aromatic carbocycles. The predicted molar refractivity (Wildman–Crippen MR) is 113 cm³/mol. The van der Waals surface area contributed by atoms with E-state index in [1.807, 2.05) is 0 Å². The average Bonchev–Trinajstić information content (AvgIpc) is 3.32. The maximum absolute atomic E-state index is 12.8. The highest BCUT2D eigenvalue weighted by Gasteiger charge is 2.37. The summed E-state index contributed by atoms with van der Waals surface area (Å²) in [4.78, 5) is 42.5. The van der Waals surface area contributed by atoms with Gasteiger partial charge in [0.15, 0.2) is 0 Å². The number of amides is 3. The molecule has 1 aliphatic heterocycles. The summed E-state index contributed by atoms with van der Waals surface area (Å²) in [6, 6.07) is 1.20. The van der Waals surface area contributed by atoms with Crippen LogP contribution in [-0.4, -0.2) is 58.5 Å². The van der Waals surface area contributed by atoms with Crippen LogP contribution in [0.1, 0.15) is 51.5 Å². The van der Waals surface area contributed by atoms with E-state index in [0.717, 1.165) is 25.7 Å². The fourth-order valence-corrected chi connectivity index (χ4v) is 4.35. The highest BCUT2D eigenvalue weighted by molar-refractivity contribution is 6.44. The minimum absolute atomic E-state index is 0.0645. The molecule has 1 aliphatic carbocycles. The van der Waals surface area contributed by atoms with Gasteiger partial charge in [-0.3, -0.25) is 24.8 Å². The quantitative estimate of drug-likeness (QED) is 0.493. The van der Waals surface area contributed by atoms with Gasteiger partial charge in [-0.1, -0.05) is 13.8 Å². The molecule has 162 valence electrons. The third kappa shape index (κ3) is 4.95. The molecule has 2 fully saturated rings. The second-order valence-electron chi connectivity index (χ2n) is 8.87. The molecule has 2 aliphatic rings. The lowest BCUT2D eigenvalue weighted by molar-refractivity contribution is -0.137. The molecule has 9 heteroatoms. The summed E-state index contributed by atoms with van der Waals surface area (Å²) >= 11 is 0. The summed E-state index contributed by atoms with van der Waals surface area (Å²) in [5, 5.41) is 13.9. The van der Waals surface area contributed by atoms with Gasteiger partial charge < -0.3 is 21.3 Å². The van der Waals surface area contributed by atoms with Gasteiger partial charge in [0.05, 0.1) is 18.4 Å². The number of carbonyl (C=O) groups is 3. The van der Waals surface area contributed by atoms with Crippen molar-refractivity contribution in [3.8, 4) is 0 Å². The minimum atomic E-state index is -0.859. The van der Waals surface area contributed by atoms with Crippen LogP contribution in [0.5, 0.6) is 0 Å². The van der Waals surface area contributed by atoms with Crippen molar-refractivity contribution < 1.29 is 14.4 Å². The Balaban J connectivity index is 1.60. The van der Waals surface area contributed by atoms with Gasteiger partial charge in [0.1, 0.15) is 11.8 Å². The standard InChI is InChI=1S/C21H30N6O3/c1-21(2)7-5-13(10-21)26-20(30)16-4-3-9-27(16)17(28)12-25-15-11-24-8-6-14(15)18(22)19(23)29/h6,8,11,13,16,22,25H,3-5,7,9-10,12H2,1-2H3,(H2,23,29)(H,26,30). The van der Waals surface area contributed by atoms with Crippen LogP contribution in [0.2, 0.25) is 0 Å². The Hall–Kier alpha value is -2.97. The zero-order valence-corrected chi connectivity index (χ0v) is 17.5. The van der Waals surface area contributed by atoms with Crippen LogP contribution in [0.3, 0.4) is 0 Å². The number of nitrogens with two attached hydrogens (primary N) is 1. The highest BCUT2D eigenvalue weighted by atomic mass is 16.2. The molecular weight excluding hydrogens is 384 g/mol. The fraction of sp³-hybridized carbons (Fsp3) is 0.571. The number of pyridine rings is 1. The van der Waals surface area contributed by atoms with E-state index in [9.17, 15) is 14.4 Å². The summed E-state index contributed by atoms with van der Waals surface area (Å²) in [7, 11) is 0. The molecule has 5 N–H and O–H groups in total. The molecule has 3 rings (SSSR count). The highest BCUT2D eigenvalue weighted by Crippen LogP contribution is 2.37. The van der Waals surface area contributed by atoms with Crippen LogP contribution in [0.4, 0.5) is 5.69 Å². The smallest absolute Gasteiger partial charge is 0.267 e. The SMILES string of the molecule is CC1(C)CCC(NC(=O)C2CCCN2C(=O)CNc2cnccc2C(=N)C(N)=O)C1. The fourth-order valence-electron chi connectivity index (χ4n) is 4.35. The summed E-state index contributed by atoms with van der Waals surface area (Å²) in [6.07, 6.45) is 7.33. The first kappa shape index (κ1) is 21.7. The number of hydrogen-bond acceptors (Lipinski definition) is 6. The molecule has 2 heterocycles. The van der Waals surface area contributed by atoms with Gasteiger partial charge in [-0.05, 0) is 43.6 Å². The Morgan fingerprint density at radius 3 is 2.77 bits per heavy atom. The third-order valence-corrected chi connectivity index (χ3v) is 5.96. The molecule has 0 bridgehead atoms. The van der Waals surface area contributed by atoms with Crippen LogP contribution in [0.25, 0.3) is 0 Å². The van der Waals surface area contributed by atoms with E-state index in [-0.39, 0.29) is 41.1 Å². The number of anilines is 1. The van der Waals surface area contributed by atoms with E-state index < -0.39 is 11.9 Å². The Morgan fingerprint density at radius 1 is 1.33 bits per heavy atom. The van der Waals surface area contributed by atoms with E-state index >= 15 is 0 Å². The molecule has 0 radical (unpaired) electrons. The lowest BCUT2D eigenvalue weighted by Gasteiger charge is -2.26. The number of likely N-dealkylation sites (tertiary alicyclic amines) is 1. The lowest BCUT2D eigenvalue weighted by Crippen LogP contribution is -2.49. The van der Waals surface area contributed by atoms with Gasteiger partial charge >= 0.3 is 0 Å². The molecule has 30 heavy (non-hydrogen) atoms. The second kappa shape index (κ2) is 8.81. The van der Waals surface area contributed by atoms with Crippen molar-refractivity contribution in [3.63, 3.8) is 0 Å². The summed E-state index contributed by atoms with van der Waals surface area (Å²) in [5.74, 6) is -1.15. The van der Waals surface area contributed by atoms with E-state index in [1.54, 1.807) is 4.90 Å². The van der Waals surface area contributed by atoms with Crippen molar-refractivity contribution in [2.45, 2.75) is 58.0 Å². The van der Waals surface area contributed by atoms with Crippen molar-refractivity contribution in [1.82, 2.24) is 15.2 Å². The molecule has 2 unspecified atom stereocenters. The Bertz CT molecular complexity index is 853. The van der Waals surface area contributed by atoms with Gasteiger partial charge in [-0.2, -0.15) is 0 Å². The Labute approximate surface area is 176 Å². The summed E-state index contributed by atoms with van der Waals surface area (Å²) < 4.78 is 0. The average molecular weight is 415 g/mol. The Morgan fingerprint density at radius 2 is 2.10 bits per heavy atom. The van der Waals surface area contributed by atoms with Gasteiger partial charge in [-0.25, -0.2) is 0 Å². The summed E-state index contributed by atoms with van der Waals surface area (Å²) in [6.45, 7) is 4.89. The topological polar surface area (TPSA) is 141 Å². The summed E-state index contributed by atoms with van der Waals surface area (Å²) in [5.41, 5.74) is 5.74. The third-order valence-electron chi connectivity index (χ3n) is 5.96. The lowest BCUT2D eigenvalue weighted by atomic mass is 9.92. The van der Waals surface area contributed by atoms with Crippen LogP contribution >= 0.6 is 0 Å². The van der Waals surface area contributed by atoms with Crippen LogP contribution in [0.15, 0.2) is 18.5 Å². The van der Waals surface area contributed by atoms with Crippen LogP contribution < -0.4 is 16.4 Å². The van der Waals surface area contributed by atoms with Crippen molar-refractivity contribution in [2.24, 2.45) is 11.1 Å². The van der Waals surface area contributed by atoms with E-state index in [2.05, 4.69) is 29.5 Å². The first-order chi connectivity index (χ1) is 14.2. The van der Waals surface area contributed by atoms with Crippen molar-refractivity contribution >= 4 is 29.1 Å². The molecule has 0 spiro atoms. The van der Waals surface area contributed by atoms with E-state index in [4.69, 9.17) is 11.1 Å². The Kier molecular flexibility index (Phi) is 6.38. The van der Waals surface area contributed by atoms with Crippen molar-refractivity contribution in [2.75, 3.05) is 18.4 Å². The maximum atomic E-state index is 12.8. The first-order valence-corrected chi connectivity index (χ1v) is 10.3. The minimum Gasteiger partial charge on any atom is -0.374 e. The number of aromatic nitrogens is 1. The van der Waals surface area contributed by atoms with Gasteiger partial charge in [0, 0.05) is 24.3 Å². The number of primary amides is 1. The van der Waals surface area contributed by atoms with E-state index in [1.165, 1.54) is 18.5 Å². The number of carbonyl (C=O) groups excluding carboxylic acids is 3. The molecule has 1 aromatic rings. The second-order valence-corrected chi connectivity index (χ2v) is 8.87. The number of nitrogens with one attached hydrogen (secondary N) is 3. The molecule has 1 aromatic heterocycles. The molecule has 1 saturated carbocycles. The molecule has 1 saturated heterocycles. The van der Waals surface area contributed by atoms with Gasteiger partial charge in [-0.15, -0.1) is 0 Å². The first-order valence-electron chi connectivity index (χ1n) is 10.3. The predicted octanol–water partition coefficient (Wildman–Crippen LogP) is 1.03. The number of nitrogens with zero attached hydrogens (tertiary/aromatic N) is 2. The molecular formula is C21H30N6O3. The van der Waals surface area contributed by atoms with Gasteiger partial charge in [0.25, 0.3) is 5.91 Å². The maximum Gasteiger partial charge on any atom is 0.267 e. The van der Waals surface area contributed by atoms with Crippen LogP contribution in [0, 0.1) is 10.8 Å². The van der Waals surface area contributed by atoms with Gasteiger partial charge in [0.2, 0.25) is 11.8 Å².